The Kier molecular flexibility index (Phi) is 20.3. The van der Waals surface area contributed by atoms with E-state index in [4.69, 9.17) is 31.6 Å². The van der Waals surface area contributed by atoms with Crippen LogP contribution in [0.3, 0.4) is 0 Å². The summed E-state index contributed by atoms with van der Waals surface area (Å²) in [4.78, 5) is 13.0. The number of nitrogens with zero attached hydrogens (tertiary/aromatic N) is 8. The number of nitriles is 4. The maximum absolute atomic E-state index is 14.7. The van der Waals surface area contributed by atoms with Crippen molar-refractivity contribution in [2.45, 2.75) is 0 Å². The summed E-state index contributed by atoms with van der Waals surface area (Å²) in [5.74, 6) is -3.06. The summed E-state index contributed by atoms with van der Waals surface area (Å²) in [6, 6.07) is 108. The van der Waals surface area contributed by atoms with Crippen LogP contribution in [-0.2, 0) is 0 Å². The lowest BCUT2D eigenvalue weighted by atomic mass is 9.84. The lowest BCUT2D eigenvalue weighted by Gasteiger charge is -2.19. The van der Waals surface area contributed by atoms with Gasteiger partial charge in [0.1, 0.15) is 47.5 Å². The van der Waals surface area contributed by atoms with E-state index < -0.39 is 23.3 Å². The highest BCUT2D eigenvalue weighted by atomic mass is 19.1. The molecule has 0 amide bonds. The molecule has 0 radical (unpaired) electrons. The molecule has 17 rings (SSSR count). The molecule has 0 spiro atoms. The average Bonchev–Trinajstić information content (AvgIpc) is 0.742. The molecule has 17 aromatic carbocycles. The van der Waals surface area contributed by atoms with Crippen molar-refractivity contribution in [1.29, 1.82) is 21.0 Å². The molecule has 0 saturated carbocycles. The van der Waals surface area contributed by atoms with Gasteiger partial charge in [0, 0.05) is 0 Å². The van der Waals surface area contributed by atoms with Crippen LogP contribution in [0, 0.1) is 94.9 Å². The molecule has 0 bridgehead atoms. The zero-order valence-corrected chi connectivity index (χ0v) is 58.1. The summed E-state index contributed by atoms with van der Waals surface area (Å²) >= 11 is 0. The monoisotopic (exact) mass is 1420 g/mol. The number of fused-ring (bicyclic) bond motifs is 2. The molecule has 12 heteroatoms. The largest absolute Gasteiger partial charge is 0.235 e. The van der Waals surface area contributed by atoms with Gasteiger partial charge in [-0.2, -0.15) is 21.0 Å². The van der Waals surface area contributed by atoms with E-state index in [1.165, 1.54) is 57.9 Å². The lowest BCUT2D eigenvalue weighted by Crippen LogP contribution is -1.95. The van der Waals surface area contributed by atoms with Crippen LogP contribution in [0.15, 0.2) is 315 Å². The van der Waals surface area contributed by atoms with Crippen molar-refractivity contribution < 1.29 is 17.6 Å². The highest BCUT2D eigenvalue weighted by molar-refractivity contribution is 6.24. The summed E-state index contributed by atoms with van der Waals surface area (Å²) in [6.45, 7) is 28.9. The van der Waals surface area contributed by atoms with E-state index in [9.17, 15) is 33.3 Å². The minimum Gasteiger partial charge on any atom is -0.235 e. The van der Waals surface area contributed by atoms with Crippen LogP contribution in [0.2, 0.25) is 0 Å². The van der Waals surface area contributed by atoms with E-state index >= 15 is 0 Å². The molecule has 0 atom stereocenters. The number of benzene rings is 17. The average molecular weight is 1420 g/mol. The van der Waals surface area contributed by atoms with E-state index in [2.05, 4.69) is 104 Å². The fourth-order valence-electron chi connectivity index (χ4n) is 13.9. The van der Waals surface area contributed by atoms with Crippen LogP contribution < -0.4 is 0 Å². The third-order valence-corrected chi connectivity index (χ3v) is 19.1. The topological polar surface area (TPSA) is 113 Å². The Bertz CT molecular complexity index is 6610. The van der Waals surface area contributed by atoms with Gasteiger partial charge in [0.2, 0.25) is 22.7 Å². The zero-order chi connectivity index (χ0) is 76.4. The van der Waals surface area contributed by atoms with Gasteiger partial charge in [-0.25, -0.2) is 36.9 Å². The number of halogens is 4. The molecule has 8 nitrogen and oxygen atoms in total. The highest BCUT2D eigenvalue weighted by Crippen LogP contribution is 2.47. The van der Waals surface area contributed by atoms with Crippen molar-refractivity contribution in [1.82, 2.24) is 0 Å². The third-order valence-electron chi connectivity index (χ3n) is 19.1. The SMILES string of the molecule is [C-]#[N+]c1cc(-c2c(-c3ccccc3)cc(-c3ccccc3)cc2-c2ccccc2)cc(C#N)c1F.[C-]#[N+]c1cc(-c2cc3ccc4cccc5ccc(c2)c3c45)cc(C#N)c1F.[C-]#[N+]c1cc(-c2ccc3ccccc3c2)cc(C#N)c1F.[C-]#[N+]c1cc(-c2ccccc2-c2cccc3ccccc23)cc(C#N)c1F. The molecular weight excluding hydrogens is 1370 g/mol. The van der Waals surface area contributed by atoms with E-state index in [0.717, 1.165) is 99.1 Å². The second-order valence-electron chi connectivity index (χ2n) is 25.5. The van der Waals surface area contributed by atoms with Crippen LogP contribution in [0.25, 0.3) is 162 Å². The van der Waals surface area contributed by atoms with Crippen LogP contribution in [-0.4, -0.2) is 0 Å². The van der Waals surface area contributed by atoms with Crippen LogP contribution in [0.5, 0.6) is 0 Å². The summed E-state index contributed by atoms with van der Waals surface area (Å²) in [5.41, 5.74) is 13.0. The first-order valence-electron chi connectivity index (χ1n) is 34.4. The molecule has 0 N–H and O–H groups in total. The molecule has 110 heavy (non-hydrogen) atoms. The minimum atomic E-state index is -0.783. The summed E-state index contributed by atoms with van der Waals surface area (Å²) < 4.78 is 56.7. The molecule has 0 aliphatic heterocycles. The summed E-state index contributed by atoms with van der Waals surface area (Å²) in [7, 11) is 0. The molecule has 0 fully saturated rings. The standard InChI is InChI=1S/C32H19FN2.C24H11FN2.C24H13FN2.C18H9FN2/c1-35-30-20-26(17-27(21-34)32(30)33)31-28(23-13-7-3-8-14-23)18-25(22-11-5-2-6-12-22)19-29(31)24-15-9-4-10-16-24;1-27-21-12-19(11-20(13-26)24(21)25)18-9-16-7-5-14-3-2-4-15-6-8-17(10-18)23(16)22(14)15;1-27-23-14-17(13-18(15-26)24(23)25)20-10-4-5-11-21(20)22-12-6-8-16-7-2-3-9-19(16)22;1-21-17-10-15(9-16(11-20)18(17)19)14-7-6-12-4-2-3-5-13(12)8-14/h2-20H;2-12H;2-14H;2-10H. The summed E-state index contributed by atoms with van der Waals surface area (Å²) in [6.07, 6.45) is 0. The maximum atomic E-state index is 14.7. The fourth-order valence-corrected chi connectivity index (χ4v) is 13.9. The van der Waals surface area contributed by atoms with E-state index in [0.29, 0.717) is 22.3 Å². The van der Waals surface area contributed by atoms with Crippen LogP contribution in [0.4, 0.5) is 40.3 Å². The summed E-state index contributed by atoms with van der Waals surface area (Å²) in [5, 5.41) is 48.4. The predicted octanol–water partition coefficient (Wildman–Crippen LogP) is 27.5. The predicted molar refractivity (Wildman–Crippen MR) is 432 cm³/mol. The Labute approximate surface area is 631 Å². The maximum Gasteiger partial charge on any atom is 0.224 e. The van der Waals surface area contributed by atoms with Gasteiger partial charge in [0.25, 0.3) is 0 Å². The van der Waals surface area contributed by atoms with Crippen LogP contribution >= 0.6 is 0 Å². The molecule has 0 saturated heterocycles. The van der Waals surface area contributed by atoms with Gasteiger partial charge in [-0.3, -0.25) is 0 Å². The molecule has 0 aliphatic rings. The quantitative estimate of drug-likeness (QED) is 0.0857. The van der Waals surface area contributed by atoms with Crippen LogP contribution in [0.1, 0.15) is 22.3 Å². The van der Waals surface area contributed by atoms with Gasteiger partial charge >= 0.3 is 0 Å². The van der Waals surface area contributed by atoms with Gasteiger partial charge in [-0.1, -0.05) is 237 Å². The van der Waals surface area contributed by atoms with Crippen molar-refractivity contribution in [3.8, 4) is 113 Å². The van der Waals surface area contributed by atoms with Crippen molar-refractivity contribution >= 4 is 76.6 Å². The Morgan fingerprint density at radius 3 is 1.05 bits per heavy atom. The first kappa shape index (κ1) is 71.0. The number of rotatable bonds is 8. The fraction of sp³-hybridized carbons (Fsp3) is 0. The molecular formula is C98H52F4N8. The second kappa shape index (κ2) is 31.5. The molecule has 0 aromatic heterocycles. The zero-order valence-electron chi connectivity index (χ0n) is 58.1. The Balaban J connectivity index is 0.000000124. The van der Waals surface area contributed by atoms with Crippen molar-refractivity contribution in [2.75, 3.05) is 0 Å². The molecule has 0 aliphatic carbocycles. The van der Waals surface area contributed by atoms with Gasteiger partial charge in [0.05, 0.1) is 48.5 Å². The van der Waals surface area contributed by atoms with Gasteiger partial charge in [-0.15, -0.1) is 0 Å². The Morgan fingerprint density at radius 2 is 0.545 bits per heavy atom. The second-order valence-corrected chi connectivity index (χ2v) is 25.5. The van der Waals surface area contributed by atoms with Crippen molar-refractivity contribution in [2.24, 2.45) is 0 Å². The van der Waals surface area contributed by atoms with Gasteiger partial charge < -0.3 is 0 Å². The van der Waals surface area contributed by atoms with E-state index in [-0.39, 0.29) is 45.0 Å². The normalized spacial score (nSPS) is 10.5. The Morgan fingerprint density at radius 1 is 0.218 bits per heavy atom. The lowest BCUT2D eigenvalue weighted by molar-refractivity contribution is 0.629. The highest BCUT2D eigenvalue weighted by Gasteiger charge is 2.23. The first-order chi connectivity index (χ1) is 53.8. The first-order valence-corrected chi connectivity index (χ1v) is 34.4. The van der Waals surface area contributed by atoms with Crippen molar-refractivity contribution in [3.63, 3.8) is 0 Å². The minimum absolute atomic E-state index is 0.105. The molecule has 0 unspecified atom stereocenters. The number of hydrogen-bond acceptors (Lipinski definition) is 4. The molecule has 0 heterocycles. The Hall–Kier alpha value is -16.1. The smallest absolute Gasteiger partial charge is 0.224 e. The number of hydrogen-bond donors (Lipinski definition) is 0. The molecule has 17 aromatic rings. The van der Waals surface area contributed by atoms with E-state index in [1.807, 2.05) is 200 Å². The van der Waals surface area contributed by atoms with Crippen molar-refractivity contribution in [3.05, 3.63) is 407 Å². The van der Waals surface area contributed by atoms with Gasteiger partial charge in [0.15, 0.2) is 0 Å². The van der Waals surface area contributed by atoms with Gasteiger partial charge in [-0.05, 0) is 222 Å². The van der Waals surface area contributed by atoms with E-state index in [1.54, 1.807) is 18.2 Å². The third kappa shape index (κ3) is 14.1. The molecule has 512 valence electrons.